The maximum Gasteiger partial charge on any atom is 0.249 e. The van der Waals surface area contributed by atoms with Gasteiger partial charge in [0.1, 0.15) is 6.10 Å². The molecule has 5 heteroatoms. The van der Waals surface area contributed by atoms with Gasteiger partial charge in [0, 0.05) is 13.2 Å². The van der Waals surface area contributed by atoms with Gasteiger partial charge < -0.3 is 15.8 Å². The third kappa shape index (κ3) is 6.11. The standard InChI is InChI=1S/C14H28N2O2.ClH/c1-11(2)6-9-18-12(3)13(17)16-14(10-15)7-4-5-8-14;/h11-12H,4-10,15H2,1-3H3,(H,16,17);1H. The number of hydrogen-bond donors (Lipinski definition) is 2. The molecule has 0 aromatic heterocycles. The van der Waals surface area contributed by atoms with Crippen LogP contribution in [-0.2, 0) is 9.53 Å². The Labute approximate surface area is 123 Å². The number of rotatable bonds is 7. The number of carbonyl (C=O) groups excluding carboxylic acids is 1. The zero-order valence-electron chi connectivity index (χ0n) is 12.4. The quantitative estimate of drug-likeness (QED) is 0.756. The van der Waals surface area contributed by atoms with E-state index in [0.717, 1.165) is 32.1 Å². The topological polar surface area (TPSA) is 64.3 Å². The molecule has 1 amide bonds. The predicted octanol–water partition coefficient (Wildman–Crippen LogP) is 2.25. The fraction of sp³-hybridized carbons (Fsp3) is 0.929. The molecule has 114 valence electrons. The monoisotopic (exact) mass is 292 g/mol. The number of nitrogens with one attached hydrogen (secondary N) is 1. The van der Waals surface area contributed by atoms with E-state index in [1.807, 2.05) is 6.92 Å². The van der Waals surface area contributed by atoms with Gasteiger partial charge in [0.25, 0.3) is 0 Å². The fourth-order valence-electron chi connectivity index (χ4n) is 2.35. The van der Waals surface area contributed by atoms with Gasteiger partial charge in [-0.25, -0.2) is 0 Å². The van der Waals surface area contributed by atoms with Crippen LogP contribution in [0.15, 0.2) is 0 Å². The van der Waals surface area contributed by atoms with Gasteiger partial charge in [0.2, 0.25) is 5.91 Å². The van der Waals surface area contributed by atoms with E-state index in [0.29, 0.717) is 19.1 Å². The minimum atomic E-state index is -0.382. The molecule has 3 N–H and O–H groups in total. The number of carbonyl (C=O) groups is 1. The average molecular weight is 293 g/mol. The van der Waals surface area contributed by atoms with Crippen LogP contribution in [0.3, 0.4) is 0 Å². The number of halogens is 1. The van der Waals surface area contributed by atoms with Crippen molar-refractivity contribution in [3.05, 3.63) is 0 Å². The first-order valence-corrected chi connectivity index (χ1v) is 7.13. The Bertz CT molecular complexity index is 266. The van der Waals surface area contributed by atoms with Crippen LogP contribution in [-0.4, -0.2) is 30.7 Å². The van der Waals surface area contributed by atoms with E-state index in [4.69, 9.17) is 10.5 Å². The van der Waals surface area contributed by atoms with E-state index in [-0.39, 0.29) is 30.0 Å². The molecule has 0 aliphatic heterocycles. The molecule has 1 aliphatic carbocycles. The highest BCUT2D eigenvalue weighted by atomic mass is 35.5. The molecule has 0 radical (unpaired) electrons. The van der Waals surface area contributed by atoms with E-state index >= 15 is 0 Å². The van der Waals surface area contributed by atoms with Gasteiger partial charge in [-0.1, -0.05) is 26.7 Å². The second-order valence-corrected chi connectivity index (χ2v) is 5.88. The summed E-state index contributed by atoms with van der Waals surface area (Å²) in [7, 11) is 0. The summed E-state index contributed by atoms with van der Waals surface area (Å²) >= 11 is 0. The number of ether oxygens (including phenoxy) is 1. The van der Waals surface area contributed by atoms with E-state index in [9.17, 15) is 4.79 Å². The fourth-order valence-corrected chi connectivity index (χ4v) is 2.35. The molecule has 1 fully saturated rings. The van der Waals surface area contributed by atoms with Gasteiger partial charge in [-0.05, 0) is 32.1 Å². The molecule has 0 bridgehead atoms. The Balaban J connectivity index is 0.00000324. The number of hydrogen-bond acceptors (Lipinski definition) is 3. The van der Waals surface area contributed by atoms with Gasteiger partial charge in [-0.15, -0.1) is 12.4 Å². The van der Waals surface area contributed by atoms with Crippen molar-refractivity contribution >= 4 is 18.3 Å². The van der Waals surface area contributed by atoms with Crippen molar-refractivity contribution in [2.24, 2.45) is 11.7 Å². The first-order valence-electron chi connectivity index (χ1n) is 7.13. The molecule has 0 saturated heterocycles. The van der Waals surface area contributed by atoms with Gasteiger partial charge in [-0.3, -0.25) is 4.79 Å². The van der Waals surface area contributed by atoms with Crippen LogP contribution in [0.2, 0.25) is 0 Å². The van der Waals surface area contributed by atoms with E-state index in [1.165, 1.54) is 0 Å². The second-order valence-electron chi connectivity index (χ2n) is 5.88. The molecule has 1 rings (SSSR count). The minimum absolute atomic E-state index is 0. The van der Waals surface area contributed by atoms with Crippen LogP contribution in [0, 0.1) is 5.92 Å². The first-order chi connectivity index (χ1) is 8.49. The summed E-state index contributed by atoms with van der Waals surface area (Å²) in [6, 6.07) is 0. The van der Waals surface area contributed by atoms with Crippen molar-refractivity contribution in [3.63, 3.8) is 0 Å². The zero-order chi connectivity index (χ0) is 13.6. The lowest BCUT2D eigenvalue weighted by Crippen LogP contribution is -2.54. The molecular formula is C14H29ClN2O2. The Kier molecular flexibility index (Phi) is 8.62. The van der Waals surface area contributed by atoms with Crippen molar-refractivity contribution in [1.82, 2.24) is 5.32 Å². The van der Waals surface area contributed by atoms with Crippen LogP contribution in [0.25, 0.3) is 0 Å². The molecule has 19 heavy (non-hydrogen) atoms. The Hall–Kier alpha value is -0.320. The maximum absolute atomic E-state index is 12.0. The average Bonchev–Trinajstić information content (AvgIpc) is 2.77. The molecule has 0 heterocycles. The summed E-state index contributed by atoms with van der Waals surface area (Å²) in [5.41, 5.74) is 5.63. The largest absolute Gasteiger partial charge is 0.369 e. The third-order valence-corrected chi connectivity index (χ3v) is 3.77. The summed E-state index contributed by atoms with van der Waals surface area (Å²) in [5.74, 6) is 0.580. The molecule has 0 aromatic rings. The third-order valence-electron chi connectivity index (χ3n) is 3.77. The van der Waals surface area contributed by atoms with E-state index < -0.39 is 0 Å². The Morgan fingerprint density at radius 2 is 1.89 bits per heavy atom. The van der Waals surface area contributed by atoms with Gasteiger partial charge in [-0.2, -0.15) is 0 Å². The highest BCUT2D eigenvalue weighted by Gasteiger charge is 2.34. The van der Waals surface area contributed by atoms with Crippen LogP contribution in [0.1, 0.15) is 52.9 Å². The molecule has 1 aliphatic rings. The number of nitrogens with two attached hydrogens (primary N) is 1. The van der Waals surface area contributed by atoms with Gasteiger partial charge >= 0.3 is 0 Å². The van der Waals surface area contributed by atoms with Crippen LogP contribution < -0.4 is 11.1 Å². The van der Waals surface area contributed by atoms with E-state index in [2.05, 4.69) is 19.2 Å². The summed E-state index contributed by atoms with van der Waals surface area (Å²) < 4.78 is 5.56. The smallest absolute Gasteiger partial charge is 0.249 e. The zero-order valence-corrected chi connectivity index (χ0v) is 13.2. The van der Waals surface area contributed by atoms with Crippen molar-refractivity contribution < 1.29 is 9.53 Å². The minimum Gasteiger partial charge on any atom is -0.369 e. The van der Waals surface area contributed by atoms with Crippen molar-refractivity contribution in [2.75, 3.05) is 13.2 Å². The van der Waals surface area contributed by atoms with Crippen molar-refractivity contribution in [2.45, 2.75) is 64.5 Å². The van der Waals surface area contributed by atoms with E-state index in [1.54, 1.807) is 0 Å². The summed E-state index contributed by atoms with van der Waals surface area (Å²) in [6.07, 6.45) is 4.90. The molecule has 0 aromatic carbocycles. The second kappa shape index (κ2) is 8.77. The molecule has 1 saturated carbocycles. The summed E-state index contributed by atoms with van der Waals surface area (Å²) in [6.45, 7) is 7.28. The predicted molar refractivity (Wildman–Crippen MR) is 80.5 cm³/mol. The maximum atomic E-state index is 12.0. The number of amides is 1. The lowest BCUT2D eigenvalue weighted by Gasteiger charge is -2.30. The Morgan fingerprint density at radius 1 is 1.32 bits per heavy atom. The first kappa shape index (κ1) is 18.7. The lowest BCUT2D eigenvalue weighted by molar-refractivity contribution is -0.133. The highest BCUT2D eigenvalue weighted by Crippen LogP contribution is 2.28. The van der Waals surface area contributed by atoms with Gasteiger partial charge in [0.15, 0.2) is 0 Å². The molecule has 4 nitrogen and oxygen atoms in total. The van der Waals surface area contributed by atoms with Crippen LogP contribution in [0.5, 0.6) is 0 Å². The highest BCUT2D eigenvalue weighted by molar-refractivity contribution is 5.85. The van der Waals surface area contributed by atoms with Crippen LogP contribution in [0.4, 0.5) is 0 Å². The lowest BCUT2D eigenvalue weighted by atomic mass is 9.97. The van der Waals surface area contributed by atoms with Gasteiger partial charge in [0.05, 0.1) is 5.54 Å². The van der Waals surface area contributed by atoms with Crippen molar-refractivity contribution in [1.29, 1.82) is 0 Å². The SMILES string of the molecule is CC(C)CCOC(C)C(=O)NC1(CN)CCCC1.Cl. The summed E-state index contributed by atoms with van der Waals surface area (Å²) in [4.78, 5) is 12.0. The van der Waals surface area contributed by atoms with Crippen molar-refractivity contribution in [3.8, 4) is 0 Å². The normalized spacial score (nSPS) is 19.0. The summed E-state index contributed by atoms with van der Waals surface area (Å²) in [5, 5.41) is 3.09. The molecule has 0 spiro atoms. The van der Waals surface area contributed by atoms with Crippen LogP contribution >= 0.6 is 12.4 Å². The molecular weight excluding hydrogens is 264 g/mol. The molecule has 1 atom stereocenters. The molecule has 1 unspecified atom stereocenters. The Morgan fingerprint density at radius 3 is 2.37 bits per heavy atom.